The van der Waals surface area contributed by atoms with E-state index >= 15 is 0 Å². The van der Waals surface area contributed by atoms with Crippen LogP contribution in [0.5, 0.6) is 5.75 Å². The molecule has 0 fully saturated rings. The first-order valence-electron chi connectivity index (χ1n) is 9.40. The summed E-state index contributed by atoms with van der Waals surface area (Å²) in [6.45, 7) is 1.73. The Kier molecular flexibility index (Phi) is 6.39. The molecule has 0 spiro atoms. The average molecular weight is 394 g/mol. The molecule has 7 heteroatoms. The van der Waals surface area contributed by atoms with Gasteiger partial charge in [-0.1, -0.05) is 43.7 Å². The van der Waals surface area contributed by atoms with E-state index in [1.54, 1.807) is 42.5 Å². The van der Waals surface area contributed by atoms with E-state index in [1.807, 2.05) is 6.92 Å². The van der Waals surface area contributed by atoms with Crippen LogP contribution >= 0.6 is 0 Å². The number of benzene rings is 2. The molecule has 0 aliphatic heterocycles. The van der Waals surface area contributed by atoms with Gasteiger partial charge in [0.05, 0.1) is 13.2 Å². The number of unbranched alkanes of at least 4 members (excludes halogenated alkanes) is 1. The summed E-state index contributed by atoms with van der Waals surface area (Å²) in [5.41, 5.74) is 0.881. The minimum Gasteiger partial charge on any atom is -0.618 e. The maximum atomic E-state index is 13.1. The van der Waals surface area contributed by atoms with Crippen molar-refractivity contribution in [2.45, 2.75) is 32.8 Å². The lowest BCUT2D eigenvalue weighted by atomic mass is 10.1. The maximum absolute atomic E-state index is 13.1. The van der Waals surface area contributed by atoms with Crippen molar-refractivity contribution >= 4 is 22.8 Å². The third-order valence-corrected chi connectivity index (χ3v) is 4.49. The Morgan fingerprint density at radius 3 is 2.59 bits per heavy atom. The van der Waals surface area contributed by atoms with Gasteiger partial charge in [-0.3, -0.25) is 9.59 Å². The number of fused-ring (bicyclic) bond motifs is 1. The van der Waals surface area contributed by atoms with Crippen molar-refractivity contribution in [2.75, 3.05) is 7.11 Å². The Morgan fingerprint density at radius 1 is 1.14 bits per heavy atom. The summed E-state index contributed by atoms with van der Waals surface area (Å²) in [6, 6.07) is 13.3. The molecule has 0 aliphatic carbocycles. The van der Waals surface area contributed by atoms with Crippen molar-refractivity contribution in [3.05, 3.63) is 70.7 Å². The molecule has 0 saturated heterocycles. The van der Waals surface area contributed by atoms with Crippen LogP contribution in [0, 0.1) is 5.21 Å². The van der Waals surface area contributed by atoms with Gasteiger partial charge in [-0.15, -0.1) is 0 Å². The van der Waals surface area contributed by atoms with Crippen LogP contribution in [0.2, 0.25) is 0 Å². The van der Waals surface area contributed by atoms with E-state index in [9.17, 15) is 14.8 Å². The van der Waals surface area contributed by atoms with Gasteiger partial charge in [-0.25, -0.2) is 4.98 Å². The lowest BCUT2D eigenvalue weighted by Gasteiger charge is -2.12. The molecule has 0 aliphatic rings. The highest BCUT2D eigenvalue weighted by Crippen LogP contribution is 2.20. The molecule has 7 nitrogen and oxygen atoms in total. The van der Waals surface area contributed by atoms with Gasteiger partial charge in [0.2, 0.25) is 5.52 Å². The molecule has 0 N–H and O–H groups in total. The first-order chi connectivity index (χ1) is 14.0. The Labute approximate surface area is 168 Å². The molecule has 2 aromatic carbocycles. The zero-order valence-electron chi connectivity index (χ0n) is 16.4. The number of esters is 1. The standard InChI is InChI=1S/C22H22N2O5/c1-3-4-10-20(25)29-14-18-21(22(26)15-8-6-5-7-9-15)24(27)19-13-16(28-2)11-12-17(19)23-18/h5-9,11-13H,3-4,10,14H2,1-2H3. The summed E-state index contributed by atoms with van der Waals surface area (Å²) in [7, 11) is 1.49. The van der Waals surface area contributed by atoms with E-state index in [1.165, 1.54) is 13.2 Å². The highest BCUT2D eigenvalue weighted by Gasteiger charge is 2.28. The SMILES string of the molecule is CCCCC(=O)OCc1nc2ccc(OC)cc2[n+]([O-])c1C(=O)c1ccccc1. The van der Waals surface area contributed by atoms with Crippen molar-refractivity contribution in [2.24, 2.45) is 0 Å². The molecule has 0 saturated carbocycles. The van der Waals surface area contributed by atoms with Gasteiger partial charge in [0, 0.05) is 12.0 Å². The van der Waals surface area contributed by atoms with Crippen LogP contribution in [-0.2, 0) is 16.1 Å². The molecule has 1 aromatic heterocycles. The summed E-state index contributed by atoms with van der Waals surface area (Å²) < 4.78 is 11.0. The minimum absolute atomic E-state index is 0.122. The monoisotopic (exact) mass is 394 g/mol. The molecule has 0 amide bonds. The third-order valence-electron chi connectivity index (χ3n) is 4.49. The van der Waals surface area contributed by atoms with Crippen molar-refractivity contribution in [1.29, 1.82) is 0 Å². The first-order valence-corrected chi connectivity index (χ1v) is 9.40. The number of carbonyl (C=O) groups is 2. The number of hydrogen-bond donors (Lipinski definition) is 0. The van der Waals surface area contributed by atoms with E-state index < -0.39 is 5.78 Å². The Balaban J connectivity index is 2.07. The van der Waals surface area contributed by atoms with E-state index in [4.69, 9.17) is 9.47 Å². The van der Waals surface area contributed by atoms with Gasteiger partial charge < -0.3 is 14.7 Å². The number of aromatic nitrogens is 2. The molecule has 0 radical (unpaired) electrons. The number of ketones is 1. The van der Waals surface area contributed by atoms with Crippen LogP contribution < -0.4 is 9.47 Å². The molecular formula is C22H22N2O5. The van der Waals surface area contributed by atoms with Crippen LogP contribution in [0.3, 0.4) is 0 Å². The van der Waals surface area contributed by atoms with Crippen LogP contribution in [0.1, 0.15) is 47.9 Å². The smallest absolute Gasteiger partial charge is 0.306 e. The molecule has 29 heavy (non-hydrogen) atoms. The van der Waals surface area contributed by atoms with Gasteiger partial charge in [0.15, 0.2) is 5.69 Å². The fraction of sp³-hybridized carbons (Fsp3) is 0.273. The van der Waals surface area contributed by atoms with E-state index in [-0.39, 0.29) is 35.9 Å². The summed E-state index contributed by atoms with van der Waals surface area (Å²) in [5.74, 6) is -0.405. The van der Waals surface area contributed by atoms with Crippen molar-refractivity contribution in [3.63, 3.8) is 0 Å². The molecular weight excluding hydrogens is 372 g/mol. The third kappa shape index (κ3) is 4.51. The lowest BCUT2D eigenvalue weighted by Crippen LogP contribution is -2.38. The summed E-state index contributed by atoms with van der Waals surface area (Å²) >= 11 is 0. The fourth-order valence-electron chi connectivity index (χ4n) is 2.92. The van der Waals surface area contributed by atoms with Gasteiger partial charge in [0.25, 0.3) is 11.5 Å². The van der Waals surface area contributed by atoms with Gasteiger partial charge in [0.1, 0.15) is 17.9 Å². The second kappa shape index (κ2) is 9.14. The molecule has 0 atom stereocenters. The van der Waals surface area contributed by atoms with Gasteiger partial charge >= 0.3 is 5.97 Å². The van der Waals surface area contributed by atoms with E-state index in [0.29, 0.717) is 28.0 Å². The minimum atomic E-state index is -0.488. The van der Waals surface area contributed by atoms with Gasteiger partial charge in [-0.05, 0) is 18.6 Å². The quantitative estimate of drug-likeness (QED) is 0.252. The average Bonchev–Trinajstić information content (AvgIpc) is 2.76. The highest BCUT2D eigenvalue weighted by molar-refractivity contribution is 6.07. The number of nitrogens with zero attached hydrogens (tertiary/aromatic N) is 2. The van der Waals surface area contributed by atoms with E-state index in [0.717, 1.165) is 6.42 Å². The molecule has 1 heterocycles. The van der Waals surface area contributed by atoms with Crippen molar-refractivity contribution in [3.8, 4) is 5.75 Å². The van der Waals surface area contributed by atoms with Gasteiger partial charge in [-0.2, -0.15) is 4.73 Å². The Bertz CT molecular complexity index is 1030. The highest BCUT2D eigenvalue weighted by atomic mass is 16.5. The molecule has 0 bridgehead atoms. The predicted molar refractivity (Wildman–Crippen MR) is 106 cm³/mol. The predicted octanol–water partition coefficient (Wildman–Crippen LogP) is 3.34. The topological polar surface area (TPSA) is 92.4 Å². The normalized spacial score (nSPS) is 10.7. The Hall–Kier alpha value is -3.48. The summed E-state index contributed by atoms with van der Waals surface area (Å²) in [4.78, 5) is 29.4. The first kappa shape index (κ1) is 20.3. The molecule has 3 rings (SSSR count). The second-order valence-corrected chi connectivity index (χ2v) is 6.52. The fourth-order valence-corrected chi connectivity index (χ4v) is 2.92. The summed E-state index contributed by atoms with van der Waals surface area (Å²) in [5, 5.41) is 13.1. The van der Waals surface area contributed by atoms with Crippen LogP contribution in [-0.4, -0.2) is 23.8 Å². The lowest BCUT2D eigenvalue weighted by molar-refractivity contribution is -0.580. The summed E-state index contributed by atoms with van der Waals surface area (Å²) in [6.07, 6.45) is 1.85. The number of hydrogen-bond acceptors (Lipinski definition) is 6. The zero-order chi connectivity index (χ0) is 20.8. The zero-order valence-corrected chi connectivity index (χ0v) is 16.4. The van der Waals surface area contributed by atoms with Crippen LogP contribution in [0.25, 0.3) is 11.0 Å². The number of ether oxygens (including phenoxy) is 2. The van der Waals surface area contributed by atoms with Crippen molar-refractivity contribution < 1.29 is 23.8 Å². The molecule has 3 aromatic rings. The molecule has 0 unspecified atom stereocenters. The largest absolute Gasteiger partial charge is 0.618 e. The number of rotatable bonds is 8. The maximum Gasteiger partial charge on any atom is 0.306 e. The Morgan fingerprint density at radius 2 is 1.90 bits per heavy atom. The van der Waals surface area contributed by atoms with Crippen LogP contribution in [0.15, 0.2) is 48.5 Å². The number of carbonyl (C=O) groups excluding carboxylic acids is 2. The van der Waals surface area contributed by atoms with Crippen LogP contribution in [0.4, 0.5) is 0 Å². The van der Waals surface area contributed by atoms with E-state index in [2.05, 4.69) is 4.98 Å². The van der Waals surface area contributed by atoms with Crippen molar-refractivity contribution in [1.82, 2.24) is 4.98 Å². The molecule has 150 valence electrons. The number of methoxy groups -OCH3 is 1. The second-order valence-electron chi connectivity index (χ2n) is 6.52.